The molecule has 0 saturated heterocycles. The molecule has 3 rings (SSSR count). The molecule has 1 aromatic rings. The van der Waals surface area contributed by atoms with Crippen LogP contribution >= 0.6 is 22.6 Å². The number of rotatable bonds is 1. The van der Waals surface area contributed by atoms with Crippen LogP contribution in [0.2, 0.25) is 0 Å². The van der Waals surface area contributed by atoms with E-state index >= 15 is 0 Å². The highest BCUT2D eigenvalue weighted by atomic mass is 127. The lowest BCUT2D eigenvalue weighted by Gasteiger charge is -2.03. The second-order valence-corrected chi connectivity index (χ2v) is 4.96. The van der Waals surface area contributed by atoms with E-state index in [1.807, 2.05) is 22.6 Å². The molecule has 0 amide bonds. The van der Waals surface area contributed by atoms with E-state index in [0.29, 0.717) is 11.1 Å². The summed E-state index contributed by atoms with van der Waals surface area (Å²) in [5.41, 5.74) is 4.08. The van der Waals surface area contributed by atoms with Gasteiger partial charge in [0.1, 0.15) is 0 Å². The van der Waals surface area contributed by atoms with Gasteiger partial charge in [0.15, 0.2) is 0 Å². The molecule has 0 bridgehead atoms. The monoisotopic (exact) mass is 362 g/mol. The molecule has 0 saturated carbocycles. The minimum Gasteiger partial charge on any atom is -0.465 e. The first-order valence-electron chi connectivity index (χ1n) is 5.61. The molecule has 3 heteroatoms. The molecule has 0 aliphatic heterocycles. The summed E-state index contributed by atoms with van der Waals surface area (Å²) < 4.78 is 5.36. The minimum absolute atomic E-state index is 0.360. The number of terminal acetylenes is 1. The van der Waals surface area contributed by atoms with Crippen molar-refractivity contribution in [3.05, 3.63) is 57.2 Å². The summed E-state index contributed by atoms with van der Waals surface area (Å²) >= 11 is 2.04. The summed E-state index contributed by atoms with van der Waals surface area (Å²) in [7, 11) is 1.35. The zero-order valence-corrected chi connectivity index (χ0v) is 12.5. The van der Waals surface area contributed by atoms with Gasteiger partial charge in [-0.1, -0.05) is 30.2 Å². The molecule has 94 valence electrons. The van der Waals surface area contributed by atoms with Crippen LogP contribution in [0.1, 0.15) is 15.9 Å². The third kappa shape index (κ3) is 3.15. The van der Waals surface area contributed by atoms with Gasteiger partial charge in [0.25, 0.3) is 0 Å². The summed E-state index contributed by atoms with van der Waals surface area (Å²) in [6, 6.07) is 13.7. The zero-order valence-electron chi connectivity index (χ0n) is 10.3. The Morgan fingerprint density at radius 3 is 2.26 bits per heavy atom. The van der Waals surface area contributed by atoms with Crippen LogP contribution in [0.25, 0.3) is 11.1 Å². The highest BCUT2D eigenvalue weighted by Crippen LogP contribution is 2.32. The van der Waals surface area contributed by atoms with E-state index in [0.717, 1.165) is 3.57 Å². The Balaban J connectivity index is 0.000000180. The SMILES string of the molecule is C#Cc1cccc(C(=O)OC)c1I.c1cc2cc-2c1. The van der Waals surface area contributed by atoms with Crippen LogP contribution in [0.15, 0.2) is 42.5 Å². The summed E-state index contributed by atoms with van der Waals surface area (Å²) in [5, 5.41) is 0. The highest BCUT2D eigenvalue weighted by Gasteiger charge is 2.11. The van der Waals surface area contributed by atoms with Gasteiger partial charge in [0.05, 0.1) is 12.7 Å². The number of hydrogen-bond donors (Lipinski definition) is 0. The van der Waals surface area contributed by atoms with Crippen LogP contribution in [-0.4, -0.2) is 13.1 Å². The first-order chi connectivity index (χ1) is 9.17. The van der Waals surface area contributed by atoms with Crippen LogP contribution in [0.5, 0.6) is 0 Å². The Bertz CT molecular complexity index is 651. The molecule has 0 heterocycles. The van der Waals surface area contributed by atoms with Gasteiger partial charge >= 0.3 is 5.97 Å². The molecule has 0 aromatic heterocycles. The van der Waals surface area contributed by atoms with Gasteiger partial charge in [0, 0.05) is 9.13 Å². The molecule has 0 spiro atoms. The van der Waals surface area contributed by atoms with Gasteiger partial charge in [-0.15, -0.1) is 6.42 Å². The van der Waals surface area contributed by atoms with Crippen LogP contribution in [0, 0.1) is 15.9 Å². The van der Waals surface area contributed by atoms with E-state index in [1.54, 1.807) is 18.2 Å². The maximum absolute atomic E-state index is 11.2. The first-order valence-corrected chi connectivity index (χ1v) is 6.69. The molecular weight excluding hydrogens is 351 g/mol. The van der Waals surface area contributed by atoms with Crippen molar-refractivity contribution in [2.75, 3.05) is 7.11 Å². The number of halogens is 1. The largest absolute Gasteiger partial charge is 0.465 e. The van der Waals surface area contributed by atoms with Crippen molar-refractivity contribution < 1.29 is 9.53 Å². The van der Waals surface area contributed by atoms with E-state index in [9.17, 15) is 4.79 Å². The molecule has 2 nitrogen and oxygen atoms in total. The van der Waals surface area contributed by atoms with Crippen molar-refractivity contribution in [1.82, 2.24) is 0 Å². The molecule has 0 fully saturated rings. The van der Waals surface area contributed by atoms with Gasteiger partial charge in [-0.2, -0.15) is 0 Å². The fraction of sp³-hybridized carbons (Fsp3) is 0.0625. The maximum Gasteiger partial charge on any atom is 0.338 e. The average molecular weight is 362 g/mol. The minimum atomic E-state index is -0.360. The second-order valence-electron chi connectivity index (χ2n) is 3.88. The lowest BCUT2D eigenvalue weighted by atomic mass is 10.1. The van der Waals surface area contributed by atoms with Gasteiger partial charge in [-0.3, -0.25) is 0 Å². The van der Waals surface area contributed by atoms with E-state index in [1.165, 1.54) is 18.2 Å². The average Bonchev–Trinajstić information content (AvgIpc) is 3.05. The topological polar surface area (TPSA) is 26.3 Å². The van der Waals surface area contributed by atoms with E-state index in [2.05, 4.69) is 34.9 Å². The molecule has 1 aromatic carbocycles. The molecular formula is C16H11IO2. The molecule has 19 heavy (non-hydrogen) atoms. The predicted octanol–water partition coefficient (Wildman–Crippen LogP) is 3.73. The van der Waals surface area contributed by atoms with Crippen molar-refractivity contribution in [2.24, 2.45) is 0 Å². The summed E-state index contributed by atoms with van der Waals surface area (Å²) in [4.78, 5) is 11.2. The number of methoxy groups -OCH3 is 1. The number of fused-ring (bicyclic) bond motifs is 1. The van der Waals surface area contributed by atoms with Crippen molar-refractivity contribution in [3.8, 4) is 23.5 Å². The number of benzene rings is 2. The van der Waals surface area contributed by atoms with Crippen molar-refractivity contribution in [2.45, 2.75) is 0 Å². The number of hydrogen-bond acceptors (Lipinski definition) is 2. The Kier molecular flexibility index (Phi) is 4.23. The predicted molar refractivity (Wildman–Crippen MR) is 83.9 cm³/mol. The number of carbonyl (C=O) groups is 1. The van der Waals surface area contributed by atoms with Crippen LogP contribution in [-0.2, 0) is 4.74 Å². The van der Waals surface area contributed by atoms with Gasteiger partial charge in [0.2, 0.25) is 0 Å². The van der Waals surface area contributed by atoms with Crippen LogP contribution in [0.4, 0.5) is 0 Å². The molecule has 0 N–H and O–H groups in total. The Morgan fingerprint density at radius 2 is 1.84 bits per heavy atom. The van der Waals surface area contributed by atoms with E-state index < -0.39 is 0 Å². The normalized spacial score (nSPS) is 9.74. The lowest BCUT2D eigenvalue weighted by Crippen LogP contribution is -2.04. The molecule has 0 atom stereocenters. The highest BCUT2D eigenvalue weighted by molar-refractivity contribution is 14.1. The van der Waals surface area contributed by atoms with Gasteiger partial charge < -0.3 is 4.74 Å². The summed E-state index contributed by atoms with van der Waals surface area (Å²) in [6.45, 7) is 0. The van der Waals surface area contributed by atoms with E-state index in [-0.39, 0.29) is 5.97 Å². The first kappa shape index (κ1) is 13.6. The fourth-order valence-corrected chi connectivity index (χ4v) is 2.32. The Hall–Kier alpha value is -1.80. The summed E-state index contributed by atoms with van der Waals surface area (Å²) in [5.74, 6) is 2.14. The Morgan fingerprint density at radius 1 is 1.21 bits per heavy atom. The molecule has 0 unspecified atom stereocenters. The number of esters is 1. The number of carbonyl (C=O) groups excluding carboxylic acids is 1. The van der Waals surface area contributed by atoms with E-state index in [4.69, 9.17) is 6.42 Å². The smallest absolute Gasteiger partial charge is 0.338 e. The van der Waals surface area contributed by atoms with Crippen LogP contribution < -0.4 is 0 Å². The van der Waals surface area contributed by atoms with Gasteiger partial charge in [-0.25, -0.2) is 4.79 Å². The zero-order chi connectivity index (χ0) is 13.8. The van der Waals surface area contributed by atoms with Crippen molar-refractivity contribution >= 4 is 28.6 Å². The quantitative estimate of drug-likeness (QED) is 0.375. The van der Waals surface area contributed by atoms with Gasteiger partial charge in [-0.05, 0) is 51.9 Å². The molecule has 2 aliphatic carbocycles. The lowest BCUT2D eigenvalue weighted by molar-refractivity contribution is 0.0599. The van der Waals surface area contributed by atoms with Crippen molar-refractivity contribution in [1.29, 1.82) is 0 Å². The van der Waals surface area contributed by atoms with Crippen molar-refractivity contribution in [3.63, 3.8) is 0 Å². The number of ether oxygens (including phenoxy) is 1. The second kappa shape index (κ2) is 5.89. The third-order valence-corrected chi connectivity index (χ3v) is 3.83. The molecule has 0 radical (unpaired) electrons. The molecule has 2 aliphatic rings. The Labute approximate surface area is 125 Å². The summed E-state index contributed by atoms with van der Waals surface area (Å²) in [6.07, 6.45) is 5.25. The third-order valence-electron chi connectivity index (χ3n) is 2.67. The maximum atomic E-state index is 11.2. The van der Waals surface area contributed by atoms with Crippen LogP contribution in [0.3, 0.4) is 0 Å². The standard InChI is InChI=1S/C10H7IO2.C6H4/c1-3-7-5-4-6-8(9(7)11)10(12)13-2;1-2-5-4-6(5)3-1/h1,4-6H,2H3;1-4H. The fourth-order valence-electron chi connectivity index (χ4n) is 1.59.